The van der Waals surface area contributed by atoms with Crippen LogP contribution < -0.4 is 10.2 Å². The van der Waals surface area contributed by atoms with Gasteiger partial charge in [0.1, 0.15) is 0 Å². The molecule has 0 saturated carbocycles. The average molecular weight is 355 g/mol. The zero-order chi connectivity index (χ0) is 19.2. The van der Waals surface area contributed by atoms with Crippen LogP contribution in [0.2, 0.25) is 0 Å². The van der Waals surface area contributed by atoms with E-state index in [1.165, 1.54) is 0 Å². The molecule has 0 aliphatic rings. The van der Waals surface area contributed by atoms with Crippen molar-refractivity contribution in [2.45, 2.75) is 0 Å². The molecule has 0 heterocycles. The molecule has 0 saturated heterocycles. The lowest BCUT2D eigenvalue weighted by Gasteiger charge is -2.17. The molecule has 2 amide bonds. The quantitative estimate of drug-likeness (QED) is 0.766. The first-order valence-electron chi connectivity index (χ1n) is 8.33. The zero-order valence-electron chi connectivity index (χ0n) is 14.7. The van der Waals surface area contributed by atoms with Crippen LogP contribution in [0.25, 0.3) is 0 Å². The van der Waals surface area contributed by atoms with E-state index in [2.05, 4.69) is 5.32 Å². The summed E-state index contributed by atoms with van der Waals surface area (Å²) in [6.45, 7) is 0. The normalized spacial score (nSPS) is 9.93. The van der Waals surface area contributed by atoms with Gasteiger partial charge in [-0.2, -0.15) is 5.26 Å². The van der Waals surface area contributed by atoms with Crippen LogP contribution in [-0.4, -0.2) is 18.9 Å². The average Bonchev–Trinajstić information content (AvgIpc) is 2.73. The number of anilines is 2. The number of rotatable bonds is 4. The monoisotopic (exact) mass is 355 g/mol. The zero-order valence-corrected chi connectivity index (χ0v) is 14.7. The van der Waals surface area contributed by atoms with E-state index in [0.717, 1.165) is 5.69 Å². The van der Waals surface area contributed by atoms with E-state index in [9.17, 15) is 9.59 Å². The fourth-order valence-corrected chi connectivity index (χ4v) is 2.60. The summed E-state index contributed by atoms with van der Waals surface area (Å²) in [5.41, 5.74) is 2.73. The molecule has 0 aromatic heterocycles. The maximum Gasteiger partial charge on any atom is 0.258 e. The third kappa shape index (κ3) is 4.20. The Balaban J connectivity index is 1.72. The van der Waals surface area contributed by atoms with Crippen molar-refractivity contribution in [2.75, 3.05) is 17.3 Å². The van der Waals surface area contributed by atoms with Crippen LogP contribution in [0.4, 0.5) is 11.4 Å². The van der Waals surface area contributed by atoms with Crippen LogP contribution in [0.5, 0.6) is 0 Å². The van der Waals surface area contributed by atoms with Crippen molar-refractivity contribution in [1.29, 1.82) is 5.26 Å². The highest BCUT2D eigenvalue weighted by atomic mass is 16.2. The molecule has 0 bridgehead atoms. The van der Waals surface area contributed by atoms with E-state index in [-0.39, 0.29) is 11.8 Å². The molecule has 1 N–H and O–H groups in total. The molecule has 5 heteroatoms. The highest BCUT2D eigenvalue weighted by Gasteiger charge is 2.14. The van der Waals surface area contributed by atoms with Gasteiger partial charge >= 0.3 is 0 Å². The predicted molar refractivity (Wildman–Crippen MR) is 105 cm³/mol. The molecule has 0 atom stereocenters. The second kappa shape index (κ2) is 7.98. The summed E-state index contributed by atoms with van der Waals surface area (Å²) in [4.78, 5) is 26.5. The van der Waals surface area contributed by atoms with Crippen LogP contribution in [-0.2, 0) is 0 Å². The summed E-state index contributed by atoms with van der Waals surface area (Å²) in [5, 5.41) is 11.7. The molecule has 0 aliphatic heterocycles. The lowest BCUT2D eigenvalue weighted by Crippen LogP contribution is -2.26. The number of hydrogen-bond donors (Lipinski definition) is 1. The number of carbonyl (C=O) groups excluding carboxylic acids is 2. The molecule has 27 heavy (non-hydrogen) atoms. The Kier molecular flexibility index (Phi) is 5.29. The lowest BCUT2D eigenvalue weighted by atomic mass is 10.1. The van der Waals surface area contributed by atoms with Gasteiger partial charge in [-0.15, -0.1) is 0 Å². The molecule has 3 rings (SSSR count). The van der Waals surface area contributed by atoms with Crippen molar-refractivity contribution in [3.63, 3.8) is 0 Å². The van der Waals surface area contributed by atoms with E-state index in [1.54, 1.807) is 60.5 Å². The molecular formula is C22H17N3O2. The Hall–Kier alpha value is -3.91. The van der Waals surface area contributed by atoms with Crippen molar-refractivity contribution in [3.05, 3.63) is 95.6 Å². The summed E-state index contributed by atoms with van der Waals surface area (Å²) in [6.07, 6.45) is 0. The van der Waals surface area contributed by atoms with Gasteiger partial charge in [-0.25, -0.2) is 0 Å². The number of para-hydroxylation sites is 1. The molecular weight excluding hydrogens is 338 g/mol. The number of nitriles is 1. The van der Waals surface area contributed by atoms with Crippen LogP contribution in [0, 0.1) is 11.3 Å². The largest absolute Gasteiger partial charge is 0.322 e. The van der Waals surface area contributed by atoms with Gasteiger partial charge < -0.3 is 10.2 Å². The maximum absolute atomic E-state index is 12.6. The fraction of sp³-hybridized carbons (Fsp3) is 0.0455. The van der Waals surface area contributed by atoms with Gasteiger partial charge in [0.25, 0.3) is 11.8 Å². The molecule has 3 aromatic rings. The van der Waals surface area contributed by atoms with Gasteiger partial charge in [-0.1, -0.05) is 24.3 Å². The van der Waals surface area contributed by atoms with Gasteiger partial charge in [0, 0.05) is 29.5 Å². The van der Waals surface area contributed by atoms with Gasteiger partial charge in [-0.05, 0) is 54.6 Å². The highest BCUT2D eigenvalue weighted by molar-refractivity contribution is 6.08. The maximum atomic E-state index is 12.6. The molecule has 0 spiro atoms. The summed E-state index contributed by atoms with van der Waals surface area (Å²) >= 11 is 0. The van der Waals surface area contributed by atoms with E-state index in [4.69, 9.17) is 5.26 Å². The molecule has 5 nitrogen and oxygen atoms in total. The van der Waals surface area contributed by atoms with E-state index in [1.807, 2.05) is 36.4 Å². The van der Waals surface area contributed by atoms with Gasteiger partial charge in [0.05, 0.1) is 11.6 Å². The number of nitrogens with zero attached hydrogens (tertiary/aromatic N) is 2. The SMILES string of the molecule is CN(C(=O)c1ccc(C(=O)Nc2cccc(C#N)c2)cc1)c1ccccc1. The first-order valence-corrected chi connectivity index (χ1v) is 8.33. The van der Waals surface area contributed by atoms with Crippen molar-refractivity contribution in [1.82, 2.24) is 0 Å². The van der Waals surface area contributed by atoms with Crippen molar-refractivity contribution >= 4 is 23.2 Å². The standard InChI is InChI=1S/C22H17N3O2/c1-25(20-8-3-2-4-9-20)22(27)18-12-10-17(11-13-18)21(26)24-19-7-5-6-16(14-19)15-23/h2-14H,1H3,(H,24,26). The van der Waals surface area contributed by atoms with Crippen LogP contribution >= 0.6 is 0 Å². The molecule has 0 fully saturated rings. The third-order valence-corrected chi connectivity index (χ3v) is 4.09. The summed E-state index contributed by atoms with van der Waals surface area (Å²) < 4.78 is 0. The summed E-state index contributed by atoms with van der Waals surface area (Å²) in [5.74, 6) is -0.463. The highest BCUT2D eigenvalue weighted by Crippen LogP contribution is 2.16. The number of amides is 2. The Morgan fingerprint density at radius 2 is 1.56 bits per heavy atom. The van der Waals surface area contributed by atoms with Crippen molar-refractivity contribution in [3.8, 4) is 6.07 Å². The summed E-state index contributed by atoms with van der Waals surface area (Å²) in [7, 11) is 1.71. The Labute approximate surface area is 157 Å². The molecule has 132 valence electrons. The van der Waals surface area contributed by atoms with Crippen LogP contribution in [0.1, 0.15) is 26.3 Å². The van der Waals surface area contributed by atoms with Crippen molar-refractivity contribution in [2.24, 2.45) is 0 Å². The lowest BCUT2D eigenvalue weighted by molar-refractivity contribution is 0.0989. The molecule has 0 radical (unpaired) electrons. The molecule has 0 unspecified atom stereocenters. The minimum atomic E-state index is -0.305. The van der Waals surface area contributed by atoms with E-state index < -0.39 is 0 Å². The van der Waals surface area contributed by atoms with Crippen LogP contribution in [0.3, 0.4) is 0 Å². The second-order valence-electron chi connectivity index (χ2n) is 5.92. The fourth-order valence-electron chi connectivity index (χ4n) is 2.60. The summed E-state index contributed by atoms with van der Waals surface area (Å²) in [6, 6.07) is 24.5. The number of benzene rings is 3. The topological polar surface area (TPSA) is 73.2 Å². The number of carbonyl (C=O) groups is 2. The van der Waals surface area contributed by atoms with Crippen molar-refractivity contribution < 1.29 is 9.59 Å². The smallest absolute Gasteiger partial charge is 0.258 e. The molecule has 0 aliphatic carbocycles. The predicted octanol–water partition coefficient (Wildman–Crippen LogP) is 4.09. The second-order valence-corrected chi connectivity index (χ2v) is 5.92. The number of hydrogen-bond acceptors (Lipinski definition) is 3. The Morgan fingerprint density at radius 3 is 2.22 bits per heavy atom. The van der Waals surface area contributed by atoms with Gasteiger partial charge in [0.15, 0.2) is 0 Å². The number of nitrogens with one attached hydrogen (secondary N) is 1. The minimum absolute atomic E-state index is 0.158. The van der Waals surface area contributed by atoms with E-state index in [0.29, 0.717) is 22.4 Å². The van der Waals surface area contributed by atoms with Gasteiger partial charge in [0.2, 0.25) is 0 Å². The first-order chi connectivity index (χ1) is 13.1. The molecule has 3 aromatic carbocycles. The van der Waals surface area contributed by atoms with Crippen LogP contribution in [0.15, 0.2) is 78.9 Å². The third-order valence-electron chi connectivity index (χ3n) is 4.09. The van der Waals surface area contributed by atoms with Gasteiger partial charge in [-0.3, -0.25) is 9.59 Å². The Morgan fingerprint density at radius 1 is 0.889 bits per heavy atom. The minimum Gasteiger partial charge on any atom is -0.322 e. The Bertz CT molecular complexity index is 1010. The van der Waals surface area contributed by atoms with E-state index >= 15 is 0 Å². The first kappa shape index (κ1) is 17.9.